The number of hydrogen-bond acceptors (Lipinski definition) is 2. The van der Waals surface area contributed by atoms with Crippen LogP contribution in [0.3, 0.4) is 0 Å². The van der Waals surface area contributed by atoms with Crippen LogP contribution in [0.1, 0.15) is 57.3 Å². The highest BCUT2D eigenvalue weighted by Gasteiger charge is 2.21. The first kappa shape index (κ1) is 12.1. The maximum atomic E-state index is 4.45. The molecule has 2 heterocycles. The summed E-state index contributed by atoms with van der Waals surface area (Å²) in [4.78, 5) is 0. The molecule has 3 nitrogen and oxygen atoms in total. The molecule has 1 aliphatic rings. The maximum absolute atomic E-state index is 4.45. The average molecular weight is 286 g/mol. The Balaban J connectivity index is 2.26. The van der Waals surface area contributed by atoms with Gasteiger partial charge in [0.15, 0.2) is 0 Å². The topological polar surface area (TPSA) is 29.9 Å². The number of aromatic nitrogens is 2. The first-order valence-corrected chi connectivity index (χ1v) is 6.95. The van der Waals surface area contributed by atoms with Crippen molar-refractivity contribution in [2.75, 3.05) is 6.54 Å². The van der Waals surface area contributed by atoms with Gasteiger partial charge in [0.25, 0.3) is 0 Å². The normalized spacial score (nSPS) is 22.4. The highest BCUT2D eigenvalue weighted by Crippen LogP contribution is 2.30. The third kappa shape index (κ3) is 2.48. The van der Waals surface area contributed by atoms with E-state index in [9.17, 15) is 0 Å². The Morgan fingerprint density at radius 2 is 2.25 bits per heavy atom. The summed E-state index contributed by atoms with van der Waals surface area (Å²) < 4.78 is 3.27. The van der Waals surface area contributed by atoms with E-state index in [4.69, 9.17) is 0 Å². The van der Waals surface area contributed by atoms with E-state index >= 15 is 0 Å². The first-order chi connectivity index (χ1) is 7.70. The molecule has 1 unspecified atom stereocenters. The van der Waals surface area contributed by atoms with E-state index in [2.05, 4.69) is 44.9 Å². The molecule has 1 atom stereocenters. The van der Waals surface area contributed by atoms with E-state index in [0.717, 1.165) is 11.0 Å². The van der Waals surface area contributed by atoms with Gasteiger partial charge in [-0.3, -0.25) is 4.68 Å². The van der Waals surface area contributed by atoms with Gasteiger partial charge in [-0.1, -0.05) is 12.8 Å². The Morgan fingerprint density at radius 3 is 3.00 bits per heavy atom. The van der Waals surface area contributed by atoms with Crippen LogP contribution in [0.4, 0.5) is 0 Å². The van der Waals surface area contributed by atoms with E-state index in [0.29, 0.717) is 12.1 Å². The van der Waals surface area contributed by atoms with Crippen molar-refractivity contribution in [2.45, 2.75) is 51.6 Å². The molecule has 1 saturated heterocycles. The van der Waals surface area contributed by atoms with Crippen LogP contribution in [0.15, 0.2) is 10.7 Å². The molecule has 0 saturated carbocycles. The molecule has 0 amide bonds. The van der Waals surface area contributed by atoms with Gasteiger partial charge in [0, 0.05) is 6.04 Å². The predicted molar refractivity (Wildman–Crippen MR) is 69.5 cm³/mol. The van der Waals surface area contributed by atoms with Gasteiger partial charge in [-0.05, 0) is 49.2 Å². The van der Waals surface area contributed by atoms with Crippen LogP contribution in [-0.4, -0.2) is 16.3 Å². The van der Waals surface area contributed by atoms with E-state index in [1.807, 2.05) is 6.20 Å². The molecule has 0 aliphatic carbocycles. The zero-order valence-corrected chi connectivity index (χ0v) is 11.6. The second-order valence-electron chi connectivity index (χ2n) is 4.77. The number of hydrogen-bond donors (Lipinski definition) is 1. The van der Waals surface area contributed by atoms with Crippen molar-refractivity contribution in [2.24, 2.45) is 0 Å². The molecule has 90 valence electrons. The number of nitrogens with one attached hydrogen (secondary N) is 1. The minimum atomic E-state index is 0.423. The Labute approximate surface area is 106 Å². The monoisotopic (exact) mass is 285 g/mol. The lowest BCUT2D eigenvalue weighted by molar-refractivity contribution is 0.440. The highest BCUT2D eigenvalue weighted by molar-refractivity contribution is 9.10. The molecular weight excluding hydrogens is 266 g/mol. The Hall–Kier alpha value is -0.350. The highest BCUT2D eigenvalue weighted by atomic mass is 79.9. The van der Waals surface area contributed by atoms with Crippen LogP contribution in [-0.2, 0) is 0 Å². The second kappa shape index (κ2) is 5.32. The summed E-state index contributed by atoms with van der Waals surface area (Å²) in [7, 11) is 0. The van der Waals surface area contributed by atoms with E-state index in [1.165, 1.54) is 31.4 Å². The Morgan fingerprint density at radius 1 is 1.44 bits per heavy atom. The van der Waals surface area contributed by atoms with Crippen molar-refractivity contribution in [3.8, 4) is 0 Å². The van der Waals surface area contributed by atoms with Gasteiger partial charge in [0.1, 0.15) is 0 Å². The molecule has 1 fully saturated rings. The van der Waals surface area contributed by atoms with Gasteiger partial charge < -0.3 is 5.32 Å². The van der Waals surface area contributed by atoms with Crippen LogP contribution in [0.25, 0.3) is 0 Å². The van der Waals surface area contributed by atoms with Gasteiger partial charge in [-0.25, -0.2) is 0 Å². The predicted octanol–water partition coefficient (Wildman–Crippen LogP) is 3.43. The van der Waals surface area contributed by atoms with Crippen molar-refractivity contribution in [1.29, 1.82) is 0 Å². The number of halogens is 1. The summed E-state index contributed by atoms with van der Waals surface area (Å²) in [5.74, 6) is 0. The Kier molecular flexibility index (Phi) is 4.03. The minimum absolute atomic E-state index is 0.423. The second-order valence-corrected chi connectivity index (χ2v) is 5.63. The van der Waals surface area contributed by atoms with Crippen molar-refractivity contribution < 1.29 is 0 Å². The fourth-order valence-corrected chi connectivity index (χ4v) is 2.90. The van der Waals surface area contributed by atoms with E-state index in [1.54, 1.807) is 0 Å². The van der Waals surface area contributed by atoms with Gasteiger partial charge >= 0.3 is 0 Å². The van der Waals surface area contributed by atoms with Crippen molar-refractivity contribution >= 4 is 15.9 Å². The van der Waals surface area contributed by atoms with Crippen LogP contribution in [0.2, 0.25) is 0 Å². The molecule has 1 aromatic rings. The molecule has 0 spiro atoms. The van der Waals surface area contributed by atoms with Crippen molar-refractivity contribution in [3.63, 3.8) is 0 Å². The molecule has 0 bridgehead atoms. The van der Waals surface area contributed by atoms with Crippen LogP contribution in [0, 0.1) is 0 Å². The number of rotatable bonds is 2. The SMILES string of the molecule is CC(C)n1ncc(Br)c1C1CCCCCN1. The van der Waals surface area contributed by atoms with E-state index < -0.39 is 0 Å². The summed E-state index contributed by atoms with van der Waals surface area (Å²) >= 11 is 3.62. The third-order valence-electron chi connectivity index (χ3n) is 3.17. The molecule has 0 radical (unpaired) electrons. The van der Waals surface area contributed by atoms with Crippen LogP contribution < -0.4 is 5.32 Å². The Bertz CT molecular complexity index is 338. The van der Waals surface area contributed by atoms with Crippen molar-refractivity contribution in [3.05, 3.63) is 16.4 Å². The fourth-order valence-electron chi connectivity index (χ4n) is 2.35. The van der Waals surface area contributed by atoms with E-state index in [-0.39, 0.29) is 0 Å². The summed E-state index contributed by atoms with van der Waals surface area (Å²) in [6.45, 7) is 5.49. The molecule has 1 N–H and O–H groups in total. The zero-order chi connectivity index (χ0) is 11.5. The van der Waals surface area contributed by atoms with Gasteiger partial charge in [0.05, 0.1) is 22.4 Å². The molecule has 0 aromatic carbocycles. The smallest absolute Gasteiger partial charge is 0.0698 e. The summed E-state index contributed by atoms with van der Waals surface area (Å²) in [5, 5.41) is 8.08. The largest absolute Gasteiger partial charge is 0.309 e. The third-order valence-corrected chi connectivity index (χ3v) is 3.78. The maximum Gasteiger partial charge on any atom is 0.0698 e. The molecular formula is C12H20BrN3. The first-order valence-electron chi connectivity index (χ1n) is 6.16. The average Bonchev–Trinajstić information content (AvgIpc) is 2.50. The summed E-state index contributed by atoms with van der Waals surface area (Å²) in [6, 6.07) is 0.883. The zero-order valence-electron chi connectivity index (χ0n) is 10.0. The lowest BCUT2D eigenvalue weighted by Gasteiger charge is -2.20. The van der Waals surface area contributed by atoms with Crippen LogP contribution >= 0.6 is 15.9 Å². The number of nitrogens with zero attached hydrogens (tertiary/aromatic N) is 2. The molecule has 2 rings (SSSR count). The summed E-state index contributed by atoms with van der Waals surface area (Å²) in [6.07, 6.45) is 7.09. The summed E-state index contributed by atoms with van der Waals surface area (Å²) in [5.41, 5.74) is 1.32. The lowest BCUT2D eigenvalue weighted by Crippen LogP contribution is -2.24. The molecule has 1 aliphatic heterocycles. The fraction of sp³-hybridized carbons (Fsp3) is 0.750. The molecule has 1 aromatic heterocycles. The quantitative estimate of drug-likeness (QED) is 0.902. The standard InChI is InChI=1S/C12H20BrN3/c1-9(2)16-12(10(13)8-15-16)11-6-4-3-5-7-14-11/h8-9,11,14H,3-7H2,1-2H3. The lowest BCUT2D eigenvalue weighted by atomic mass is 10.1. The van der Waals surface area contributed by atoms with Crippen LogP contribution in [0.5, 0.6) is 0 Å². The van der Waals surface area contributed by atoms with Gasteiger partial charge in [0.2, 0.25) is 0 Å². The van der Waals surface area contributed by atoms with Crippen molar-refractivity contribution in [1.82, 2.24) is 15.1 Å². The van der Waals surface area contributed by atoms with Gasteiger partial charge in [-0.2, -0.15) is 5.10 Å². The van der Waals surface area contributed by atoms with Gasteiger partial charge in [-0.15, -0.1) is 0 Å². The molecule has 4 heteroatoms. The minimum Gasteiger partial charge on any atom is -0.309 e. The molecule has 16 heavy (non-hydrogen) atoms.